The molecule has 2 aromatic heterocycles. The van der Waals surface area contributed by atoms with Crippen LogP contribution in [0.25, 0.3) is 127 Å². The molecule has 67 heavy (non-hydrogen) atoms. The largest absolute Gasteiger partial charge is 0.309 e. The van der Waals surface area contributed by atoms with Crippen LogP contribution in [-0.4, -0.2) is 19.5 Å². The summed E-state index contributed by atoms with van der Waals surface area (Å²) >= 11 is 0. The first-order chi connectivity index (χ1) is 33.2. The molecule has 0 aliphatic heterocycles. The third-order valence-electron chi connectivity index (χ3n) is 13.3. The Morgan fingerprint density at radius 1 is 0.269 bits per heavy atom. The highest BCUT2D eigenvalue weighted by Crippen LogP contribution is 2.43. The van der Waals surface area contributed by atoms with E-state index in [1.54, 1.807) is 0 Å². The summed E-state index contributed by atoms with van der Waals surface area (Å²) < 4.78 is 2.39. The minimum atomic E-state index is 0.609. The third-order valence-corrected chi connectivity index (χ3v) is 13.3. The number of para-hydroxylation sites is 3. The van der Waals surface area contributed by atoms with E-state index in [2.05, 4.69) is 241 Å². The molecule has 0 saturated carbocycles. The van der Waals surface area contributed by atoms with Crippen LogP contribution in [0.3, 0.4) is 0 Å². The Kier molecular flexibility index (Phi) is 9.14. The van der Waals surface area contributed by atoms with E-state index in [9.17, 15) is 0 Å². The minimum Gasteiger partial charge on any atom is -0.309 e. The van der Waals surface area contributed by atoms with Crippen molar-refractivity contribution in [2.75, 3.05) is 0 Å². The molecule has 13 aromatic rings. The van der Waals surface area contributed by atoms with Crippen LogP contribution in [0.2, 0.25) is 0 Å². The number of rotatable bonds is 7. The fourth-order valence-corrected chi connectivity index (χ4v) is 10.1. The Morgan fingerprint density at radius 2 is 0.791 bits per heavy atom. The van der Waals surface area contributed by atoms with Crippen LogP contribution in [-0.2, 0) is 0 Å². The number of aromatic nitrogens is 4. The van der Waals surface area contributed by atoms with Gasteiger partial charge in [0.2, 0.25) is 0 Å². The van der Waals surface area contributed by atoms with E-state index in [1.165, 1.54) is 48.7 Å². The van der Waals surface area contributed by atoms with Crippen LogP contribution in [0.1, 0.15) is 0 Å². The molecule has 4 nitrogen and oxygen atoms in total. The van der Waals surface area contributed by atoms with Gasteiger partial charge in [-0.2, -0.15) is 0 Å². The first kappa shape index (κ1) is 38.5. The van der Waals surface area contributed by atoms with E-state index in [0.29, 0.717) is 17.5 Å². The monoisotopic (exact) mass is 852 g/mol. The summed E-state index contributed by atoms with van der Waals surface area (Å²) in [4.78, 5) is 15.9. The predicted octanol–water partition coefficient (Wildman–Crippen LogP) is 16.4. The summed E-state index contributed by atoms with van der Waals surface area (Å²) in [6.07, 6.45) is 0. The highest BCUT2D eigenvalue weighted by Gasteiger charge is 2.21. The summed E-state index contributed by atoms with van der Waals surface area (Å²) in [7, 11) is 0. The fourth-order valence-electron chi connectivity index (χ4n) is 10.1. The van der Waals surface area contributed by atoms with Crippen molar-refractivity contribution in [2.24, 2.45) is 0 Å². The second kappa shape index (κ2) is 15.9. The van der Waals surface area contributed by atoms with Gasteiger partial charge in [0.1, 0.15) is 0 Å². The van der Waals surface area contributed by atoms with Gasteiger partial charge in [0.25, 0.3) is 0 Å². The molecule has 4 heteroatoms. The number of hydrogen-bond acceptors (Lipinski definition) is 3. The molecular weight excluding hydrogens is 813 g/mol. The smallest absolute Gasteiger partial charge is 0.164 e. The van der Waals surface area contributed by atoms with E-state index in [4.69, 9.17) is 15.0 Å². The van der Waals surface area contributed by atoms with Crippen LogP contribution in [0.5, 0.6) is 0 Å². The van der Waals surface area contributed by atoms with Crippen molar-refractivity contribution >= 4 is 54.1 Å². The molecule has 0 atom stereocenters. The van der Waals surface area contributed by atoms with Crippen molar-refractivity contribution in [3.8, 4) is 73.2 Å². The number of hydrogen-bond donors (Lipinski definition) is 0. The van der Waals surface area contributed by atoms with Gasteiger partial charge in [-0.3, -0.25) is 0 Å². The van der Waals surface area contributed by atoms with Gasteiger partial charge in [-0.1, -0.05) is 218 Å². The molecule has 0 fully saturated rings. The molecule has 0 amide bonds. The quantitative estimate of drug-likeness (QED) is 0.118. The van der Waals surface area contributed by atoms with Gasteiger partial charge in [0.15, 0.2) is 17.5 Å². The lowest BCUT2D eigenvalue weighted by Crippen LogP contribution is -2.01. The Bertz CT molecular complexity index is 4010. The molecule has 0 aliphatic carbocycles. The molecular formula is C63H40N4. The second-order valence-corrected chi connectivity index (χ2v) is 17.1. The standard InChI is InChI=1S/C63H40N4/c1-3-16-41(17-4-1)42-30-34-45(35-31-42)61-64-62(46-36-32-44(33-37-46)59-50-23-10-8-19-47(50)40-57-49-22-9-7-18-43(49)38-39-53(57)59)66-63(65-61)56-26-12-11-24-51(56)54-27-15-28-55-52-25-13-14-29-58(52)67(60(54)55)48-20-5-2-6-21-48/h1-40H. The maximum Gasteiger partial charge on any atom is 0.164 e. The van der Waals surface area contributed by atoms with E-state index < -0.39 is 0 Å². The Balaban J connectivity index is 0.996. The number of nitrogens with zero attached hydrogens (tertiary/aromatic N) is 4. The predicted molar refractivity (Wildman–Crippen MR) is 279 cm³/mol. The van der Waals surface area contributed by atoms with Crippen molar-refractivity contribution in [1.29, 1.82) is 0 Å². The van der Waals surface area contributed by atoms with Crippen molar-refractivity contribution in [1.82, 2.24) is 19.5 Å². The lowest BCUT2D eigenvalue weighted by molar-refractivity contribution is 1.07. The first-order valence-corrected chi connectivity index (χ1v) is 22.8. The summed E-state index contributed by atoms with van der Waals surface area (Å²) in [5.74, 6) is 1.83. The molecule has 0 radical (unpaired) electrons. The zero-order valence-corrected chi connectivity index (χ0v) is 36.4. The summed E-state index contributed by atoms with van der Waals surface area (Å²) in [5, 5.41) is 9.80. The SMILES string of the molecule is c1ccc(-c2ccc(-c3nc(-c4ccc(-c5c6ccccc6cc6c5ccc5ccccc56)cc4)nc(-c4ccccc4-c4cccc5c6ccccc6n(-c6ccccc6)c45)n3)cc2)cc1. The van der Waals surface area contributed by atoms with Gasteiger partial charge < -0.3 is 4.57 Å². The Hall–Kier alpha value is -8.99. The summed E-state index contributed by atoms with van der Waals surface area (Å²) in [6, 6.07) is 86.4. The van der Waals surface area contributed by atoms with Gasteiger partial charge in [0.05, 0.1) is 11.0 Å². The first-order valence-electron chi connectivity index (χ1n) is 22.8. The molecule has 13 rings (SSSR count). The average molecular weight is 853 g/mol. The number of benzene rings is 11. The molecule has 0 bridgehead atoms. The average Bonchev–Trinajstić information content (AvgIpc) is 3.75. The van der Waals surface area contributed by atoms with Crippen LogP contribution in [0, 0.1) is 0 Å². The van der Waals surface area contributed by atoms with Crippen molar-refractivity contribution in [3.05, 3.63) is 243 Å². The zero-order chi connectivity index (χ0) is 44.3. The van der Waals surface area contributed by atoms with Gasteiger partial charge >= 0.3 is 0 Å². The topological polar surface area (TPSA) is 43.6 Å². The van der Waals surface area contributed by atoms with Gasteiger partial charge in [0, 0.05) is 38.7 Å². The van der Waals surface area contributed by atoms with E-state index in [1.807, 2.05) is 6.07 Å². The van der Waals surface area contributed by atoms with Crippen LogP contribution < -0.4 is 0 Å². The maximum atomic E-state index is 5.36. The molecule has 11 aromatic carbocycles. The highest BCUT2D eigenvalue weighted by atomic mass is 15.0. The Labute approximate surface area is 387 Å². The molecule has 0 saturated heterocycles. The zero-order valence-electron chi connectivity index (χ0n) is 36.4. The summed E-state index contributed by atoms with van der Waals surface area (Å²) in [5.41, 5.74) is 13.0. The second-order valence-electron chi connectivity index (χ2n) is 17.1. The van der Waals surface area contributed by atoms with Crippen molar-refractivity contribution < 1.29 is 0 Å². The summed E-state index contributed by atoms with van der Waals surface area (Å²) in [6.45, 7) is 0. The van der Waals surface area contributed by atoms with Crippen molar-refractivity contribution in [3.63, 3.8) is 0 Å². The molecule has 0 unspecified atom stereocenters. The minimum absolute atomic E-state index is 0.609. The highest BCUT2D eigenvalue weighted by molar-refractivity contribution is 6.20. The van der Waals surface area contributed by atoms with Crippen LogP contribution >= 0.6 is 0 Å². The molecule has 0 spiro atoms. The van der Waals surface area contributed by atoms with Crippen molar-refractivity contribution in [2.45, 2.75) is 0 Å². The fraction of sp³-hybridized carbons (Fsp3) is 0. The van der Waals surface area contributed by atoms with Gasteiger partial charge in [-0.05, 0) is 84.4 Å². The maximum absolute atomic E-state index is 5.36. The lowest BCUT2D eigenvalue weighted by atomic mass is 9.89. The Morgan fingerprint density at radius 3 is 1.54 bits per heavy atom. The van der Waals surface area contributed by atoms with E-state index in [-0.39, 0.29) is 0 Å². The molecule has 0 N–H and O–H groups in total. The van der Waals surface area contributed by atoms with Crippen LogP contribution in [0.15, 0.2) is 243 Å². The van der Waals surface area contributed by atoms with Gasteiger partial charge in [-0.25, -0.2) is 15.0 Å². The van der Waals surface area contributed by atoms with Gasteiger partial charge in [-0.15, -0.1) is 0 Å². The van der Waals surface area contributed by atoms with E-state index >= 15 is 0 Å². The van der Waals surface area contributed by atoms with E-state index in [0.717, 1.165) is 61.2 Å². The third kappa shape index (κ3) is 6.57. The molecule has 0 aliphatic rings. The lowest BCUT2D eigenvalue weighted by Gasteiger charge is -2.16. The number of fused-ring (bicyclic) bond motifs is 7. The molecule has 2 heterocycles. The molecule has 312 valence electrons. The van der Waals surface area contributed by atoms with Crippen LogP contribution in [0.4, 0.5) is 0 Å². The normalized spacial score (nSPS) is 11.6.